The van der Waals surface area contributed by atoms with Crippen LogP contribution in [-0.2, 0) is 0 Å². The third kappa shape index (κ3) is 9.39. The Morgan fingerprint density at radius 1 is 0.846 bits per heavy atom. The van der Waals surface area contributed by atoms with E-state index in [1.54, 1.807) is 5.84 Å². The van der Waals surface area contributed by atoms with Crippen LogP contribution in [0.4, 0.5) is 0 Å². The van der Waals surface area contributed by atoms with Crippen LogP contribution in [0.5, 0.6) is 0 Å². The molecule has 26 heavy (non-hydrogen) atoms. The van der Waals surface area contributed by atoms with E-state index in [0.29, 0.717) is 0 Å². The van der Waals surface area contributed by atoms with Crippen molar-refractivity contribution in [2.75, 3.05) is 33.2 Å². The Hall–Kier alpha value is -0.570. The number of unbranched alkanes of at least 4 members (excludes halogenated alkanes) is 10. The molecule has 0 radical (unpaired) electrons. The summed E-state index contributed by atoms with van der Waals surface area (Å²) in [5.41, 5.74) is 5.88. The van der Waals surface area contributed by atoms with Gasteiger partial charge in [-0.05, 0) is 12.8 Å². The van der Waals surface area contributed by atoms with Gasteiger partial charge in [0.15, 0.2) is 0 Å². The highest BCUT2D eigenvalue weighted by Gasteiger charge is 2.34. The molecular formula is C23H48N3+. The van der Waals surface area contributed by atoms with Gasteiger partial charge in [0.05, 0.1) is 19.5 Å². The zero-order valence-corrected chi connectivity index (χ0v) is 18.3. The molecule has 0 spiro atoms. The van der Waals surface area contributed by atoms with E-state index >= 15 is 0 Å². The van der Waals surface area contributed by atoms with E-state index in [-0.39, 0.29) is 0 Å². The summed E-state index contributed by atoms with van der Waals surface area (Å²) >= 11 is 0. The van der Waals surface area contributed by atoms with Crippen LogP contribution in [0.25, 0.3) is 0 Å². The highest BCUT2D eigenvalue weighted by atomic mass is 15.3. The molecule has 0 aromatic carbocycles. The summed E-state index contributed by atoms with van der Waals surface area (Å²) in [6.07, 6.45) is 19.6. The second-order valence-electron chi connectivity index (χ2n) is 8.37. The molecule has 1 rings (SSSR count). The van der Waals surface area contributed by atoms with Crippen molar-refractivity contribution in [2.45, 2.75) is 104 Å². The molecule has 1 aliphatic heterocycles. The molecule has 0 aromatic heterocycles. The van der Waals surface area contributed by atoms with Crippen molar-refractivity contribution in [1.82, 2.24) is 4.90 Å². The van der Waals surface area contributed by atoms with Gasteiger partial charge in [-0.15, -0.1) is 0 Å². The van der Waals surface area contributed by atoms with Gasteiger partial charge in [-0.1, -0.05) is 90.9 Å². The molecule has 0 amide bonds. The van der Waals surface area contributed by atoms with Crippen LogP contribution in [0.15, 0.2) is 0 Å². The fourth-order valence-corrected chi connectivity index (χ4v) is 4.44. The van der Waals surface area contributed by atoms with Crippen LogP contribution in [0.2, 0.25) is 0 Å². The maximum atomic E-state index is 5.88. The van der Waals surface area contributed by atoms with Crippen molar-refractivity contribution in [3.8, 4) is 0 Å². The third-order valence-corrected chi connectivity index (χ3v) is 6.00. The van der Waals surface area contributed by atoms with Gasteiger partial charge in [-0.25, -0.2) is 0 Å². The number of hydrogen-bond donors (Lipinski definition) is 1. The lowest BCUT2D eigenvalue weighted by atomic mass is 9.92. The minimum Gasteiger partial charge on any atom is -0.327 e. The van der Waals surface area contributed by atoms with Crippen LogP contribution in [0, 0.1) is 5.92 Å². The molecule has 1 aliphatic rings. The lowest BCUT2D eigenvalue weighted by Gasteiger charge is -2.21. The maximum absolute atomic E-state index is 5.88. The van der Waals surface area contributed by atoms with Crippen LogP contribution < -0.4 is 5.73 Å². The SMILES string of the molecule is CCCCCCCCCC(CCCCCCC)C1=[N+](C)CCN1CCN. The molecule has 1 unspecified atom stereocenters. The Bertz CT molecular complexity index is 364. The highest BCUT2D eigenvalue weighted by Crippen LogP contribution is 2.23. The third-order valence-electron chi connectivity index (χ3n) is 6.00. The topological polar surface area (TPSA) is 32.3 Å². The first-order valence-electron chi connectivity index (χ1n) is 11.8. The predicted molar refractivity (Wildman–Crippen MR) is 116 cm³/mol. The van der Waals surface area contributed by atoms with Gasteiger partial charge >= 0.3 is 0 Å². The van der Waals surface area contributed by atoms with E-state index in [4.69, 9.17) is 5.73 Å². The van der Waals surface area contributed by atoms with Crippen LogP contribution in [0.3, 0.4) is 0 Å². The van der Waals surface area contributed by atoms with Gasteiger partial charge in [-0.2, -0.15) is 0 Å². The quantitative estimate of drug-likeness (QED) is 0.275. The molecular weight excluding hydrogens is 318 g/mol. The Labute approximate surface area is 164 Å². The smallest absolute Gasteiger partial charge is 0.250 e. The lowest BCUT2D eigenvalue weighted by molar-refractivity contribution is -0.489. The Morgan fingerprint density at radius 3 is 1.85 bits per heavy atom. The maximum Gasteiger partial charge on any atom is 0.250 e. The second-order valence-corrected chi connectivity index (χ2v) is 8.37. The fourth-order valence-electron chi connectivity index (χ4n) is 4.44. The van der Waals surface area contributed by atoms with Gasteiger partial charge in [0.25, 0.3) is 0 Å². The summed E-state index contributed by atoms with van der Waals surface area (Å²) in [6, 6.07) is 0. The van der Waals surface area contributed by atoms with Crippen LogP contribution in [-0.4, -0.2) is 48.5 Å². The molecule has 1 heterocycles. The number of nitrogens with zero attached hydrogens (tertiary/aromatic N) is 2. The number of amidine groups is 1. The molecule has 0 aromatic rings. The standard InChI is InChI=1S/C23H48N3/c1-4-6-8-10-11-13-15-17-22(16-14-12-9-7-5-2)23-25(3)20-21-26(23)19-18-24/h22H,4-21,24H2,1-3H3/q+1. The number of hydrogen-bond acceptors (Lipinski definition) is 2. The molecule has 0 saturated heterocycles. The normalized spacial score (nSPS) is 15.9. The first-order valence-corrected chi connectivity index (χ1v) is 11.8. The summed E-state index contributed by atoms with van der Waals surface area (Å²) in [6.45, 7) is 8.76. The van der Waals surface area contributed by atoms with E-state index in [9.17, 15) is 0 Å². The van der Waals surface area contributed by atoms with E-state index < -0.39 is 0 Å². The van der Waals surface area contributed by atoms with Gasteiger partial charge in [-0.3, -0.25) is 9.48 Å². The van der Waals surface area contributed by atoms with Crippen molar-refractivity contribution in [2.24, 2.45) is 11.7 Å². The minimum atomic E-state index is 0.756. The molecule has 3 heteroatoms. The van der Waals surface area contributed by atoms with Gasteiger partial charge in [0.2, 0.25) is 5.84 Å². The van der Waals surface area contributed by atoms with E-state index in [1.165, 1.54) is 103 Å². The van der Waals surface area contributed by atoms with E-state index in [1.807, 2.05) is 0 Å². The summed E-state index contributed by atoms with van der Waals surface area (Å²) < 4.78 is 2.52. The Balaban J connectivity index is 2.46. The largest absolute Gasteiger partial charge is 0.327 e. The number of nitrogens with two attached hydrogens (primary N) is 1. The number of rotatable bonds is 17. The van der Waals surface area contributed by atoms with Crippen molar-refractivity contribution in [1.29, 1.82) is 0 Å². The van der Waals surface area contributed by atoms with Crippen LogP contribution in [0.1, 0.15) is 104 Å². The second kappa shape index (κ2) is 15.5. The highest BCUT2D eigenvalue weighted by molar-refractivity contribution is 5.81. The molecule has 3 nitrogen and oxygen atoms in total. The van der Waals surface area contributed by atoms with Gasteiger partial charge in [0.1, 0.15) is 13.1 Å². The monoisotopic (exact) mass is 366 g/mol. The summed E-state index contributed by atoms with van der Waals surface area (Å²) in [5, 5.41) is 0. The Kier molecular flexibility index (Phi) is 14.0. The average molecular weight is 367 g/mol. The summed E-state index contributed by atoms with van der Waals surface area (Å²) in [7, 11) is 2.29. The van der Waals surface area contributed by atoms with Crippen molar-refractivity contribution in [3.05, 3.63) is 0 Å². The molecule has 0 aliphatic carbocycles. The first kappa shape index (κ1) is 23.5. The minimum absolute atomic E-state index is 0.756. The Morgan fingerprint density at radius 2 is 1.35 bits per heavy atom. The van der Waals surface area contributed by atoms with Gasteiger partial charge in [0, 0.05) is 6.54 Å². The predicted octanol–water partition coefficient (Wildman–Crippen LogP) is 5.42. The fraction of sp³-hybridized carbons (Fsp3) is 0.957. The lowest BCUT2D eigenvalue weighted by Crippen LogP contribution is -2.38. The van der Waals surface area contributed by atoms with Gasteiger partial charge < -0.3 is 5.73 Å². The summed E-state index contributed by atoms with van der Waals surface area (Å²) in [4.78, 5) is 2.58. The molecule has 0 fully saturated rings. The molecule has 1 atom stereocenters. The van der Waals surface area contributed by atoms with Crippen molar-refractivity contribution in [3.63, 3.8) is 0 Å². The molecule has 154 valence electrons. The van der Waals surface area contributed by atoms with Crippen molar-refractivity contribution < 1.29 is 4.58 Å². The number of likely N-dealkylation sites (N-methyl/N-ethyl adjacent to an activating group) is 1. The van der Waals surface area contributed by atoms with Crippen molar-refractivity contribution >= 4 is 5.84 Å². The van der Waals surface area contributed by atoms with Crippen LogP contribution >= 0.6 is 0 Å². The summed E-state index contributed by atoms with van der Waals surface area (Å²) in [5.74, 6) is 2.36. The molecule has 0 saturated carbocycles. The molecule has 2 N–H and O–H groups in total. The first-order chi connectivity index (χ1) is 12.7. The molecule has 0 bridgehead atoms. The zero-order valence-electron chi connectivity index (χ0n) is 18.3. The average Bonchev–Trinajstić information content (AvgIpc) is 3.00. The zero-order chi connectivity index (χ0) is 19.0. The van der Waals surface area contributed by atoms with E-state index in [2.05, 4.69) is 30.4 Å². The van der Waals surface area contributed by atoms with E-state index in [0.717, 1.165) is 19.0 Å².